The van der Waals surface area contributed by atoms with Gasteiger partial charge in [0.25, 0.3) is 5.56 Å². The first kappa shape index (κ1) is 13.0. The summed E-state index contributed by atoms with van der Waals surface area (Å²) in [5.41, 5.74) is 2.30. The number of hydrogen-bond acceptors (Lipinski definition) is 3. The van der Waals surface area contributed by atoms with E-state index in [4.69, 9.17) is 5.26 Å². The summed E-state index contributed by atoms with van der Waals surface area (Å²) < 4.78 is 1.72. The van der Waals surface area contributed by atoms with Gasteiger partial charge in [0.15, 0.2) is 0 Å². The van der Waals surface area contributed by atoms with Gasteiger partial charge in [-0.1, -0.05) is 18.2 Å². The highest BCUT2D eigenvalue weighted by Crippen LogP contribution is 2.37. The normalized spacial score (nSPS) is 16.7. The zero-order valence-electron chi connectivity index (χ0n) is 11.2. The van der Waals surface area contributed by atoms with Crippen molar-refractivity contribution in [2.24, 2.45) is 0 Å². The molecule has 3 rings (SSSR count). The zero-order chi connectivity index (χ0) is 14.1. The Morgan fingerprint density at radius 1 is 1.35 bits per heavy atom. The number of thioether (sulfide) groups is 1. The molecule has 1 aromatic carbocycles. The van der Waals surface area contributed by atoms with Gasteiger partial charge < -0.3 is 4.57 Å². The van der Waals surface area contributed by atoms with E-state index in [1.54, 1.807) is 10.6 Å². The molecule has 0 saturated carbocycles. The van der Waals surface area contributed by atoms with Crippen molar-refractivity contribution in [2.75, 3.05) is 0 Å². The molecule has 0 spiro atoms. The van der Waals surface area contributed by atoms with Crippen molar-refractivity contribution in [1.29, 1.82) is 5.26 Å². The first-order chi connectivity index (χ1) is 9.69. The minimum atomic E-state index is -0.177. The van der Waals surface area contributed by atoms with Gasteiger partial charge in [0.1, 0.15) is 11.6 Å². The van der Waals surface area contributed by atoms with Crippen molar-refractivity contribution in [1.82, 2.24) is 4.57 Å². The Morgan fingerprint density at radius 2 is 2.15 bits per heavy atom. The Kier molecular flexibility index (Phi) is 3.37. The van der Waals surface area contributed by atoms with Gasteiger partial charge in [-0.05, 0) is 37.1 Å². The number of rotatable bonds is 2. The van der Waals surface area contributed by atoms with Gasteiger partial charge in [-0.25, -0.2) is 0 Å². The van der Waals surface area contributed by atoms with E-state index in [0.717, 1.165) is 12.1 Å². The summed E-state index contributed by atoms with van der Waals surface area (Å²) in [7, 11) is 0. The lowest BCUT2D eigenvalue weighted by atomic mass is 10.1. The predicted octanol–water partition coefficient (Wildman–Crippen LogP) is 2.75. The first-order valence-corrected chi connectivity index (χ1v) is 7.42. The highest BCUT2D eigenvalue weighted by atomic mass is 32.2. The van der Waals surface area contributed by atoms with Crippen molar-refractivity contribution in [3.8, 4) is 6.07 Å². The number of fused-ring (bicyclic) bond motifs is 1. The van der Waals surface area contributed by atoms with Crippen molar-refractivity contribution in [3.05, 3.63) is 63.6 Å². The lowest BCUT2D eigenvalue weighted by Gasteiger charge is -2.14. The average Bonchev–Trinajstić information content (AvgIpc) is 2.86. The van der Waals surface area contributed by atoms with Crippen LogP contribution in [0.1, 0.15) is 16.8 Å². The third kappa shape index (κ3) is 2.25. The van der Waals surface area contributed by atoms with Crippen LogP contribution in [0.3, 0.4) is 0 Å². The molecule has 1 aliphatic heterocycles. The fourth-order valence-electron chi connectivity index (χ4n) is 2.54. The molecule has 2 aromatic rings. The van der Waals surface area contributed by atoms with Gasteiger partial charge in [-0.3, -0.25) is 4.79 Å². The van der Waals surface area contributed by atoms with E-state index < -0.39 is 0 Å². The van der Waals surface area contributed by atoms with E-state index in [0.29, 0.717) is 11.8 Å². The lowest BCUT2D eigenvalue weighted by molar-refractivity contribution is 0.624. The number of aromatic nitrogens is 1. The Bertz CT molecular complexity index is 733. The number of nitrogens with zero attached hydrogens (tertiary/aromatic N) is 2. The van der Waals surface area contributed by atoms with Crippen LogP contribution in [0.2, 0.25) is 0 Å². The summed E-state index contributed by atoms with van der Waals surface area (Å²) >= 11 is 1.82. The van der Waals surface area contributed by atoms with E-state index in [1.165, 1.54) is 10.5 Å². The number of hydrogen-bond donors (Lipinski definition) is 0. The zero-order valence-corrected chi connectivity index (χ0v) is 12.0. The van der Waals surface area contributed by atoms with Crippen LogP contribution in [0.4, 0.5) is 0 Å². The molecular formula is C16H14N2OS. The van der Waals surface area contributed by atoms with Crippen LogP contribution in [0.15, 0.2) is 46.1 Å². The van der Waals surface area contributed by atoms with Crippen LogP contribution >= 0.6 is 11.8 Å². The van der Waals surface area contributed by atoms with Gasteiger partial charge in [0.2, 0.25) is 0 Å². The molecule has 2 heterocycles. The third-order valence-corrected chi connectivity index (χ3v) is 4.91. The Labute approximate surface area is 121 Å². The van der Waals surface area contributed by atoms with E-state index in [1.807, 2.05) is 36.9 Å². The van der Waals surface area contributed by atoms with Crippen LogP contribution in [-0.4, -0.2) is 9.82 Å². The van der Waals surface area contributed by atoms with Gasteiger partial charge >= 0.3 is 0 Å². The van der Waals surface area contributed by atoms with E-state index >= 15 is 0 Å². The van der Waals surface area contributed by atoms with Crippen molar-refractivity contribution in [2.45, 2.75) is 30.0 Å². The molecule has 3 nitrogen and oxygen atoms in total. The highest BCUT2D eigenvalue weighted by molar-refractivity contribution is 8.00. The molecule has 0 amide bonds. The molecule has 0 saturated heterocycles. The molecule has 0 N–H and O–H groups in total. The van der Waals surface area contributed by atoms with E-state index in [2.05, 4.69) is 18.2 Å². The largest absolute Gasteiger partial charge is 0.311 e. The van der Waals surface area contributed by atoms with Gasteiger partial charge in [-0.15, -0.1) is 11.8 Å². The summed E-state index contributed by atoms with van der Waals surface area (Å²) in [5, 5.41) is 9.33. The molecule has 1 unspecified atom stereocenters. The van der Waals surface area contributed by atoms with Crippen LogP contribution in [0, 0.1) is 18.3 Å². The van der Waals surface area contributed by atoms with Crippen LogP contribution in [0.5, 0.6) is 0 Å². The Morgan fingerprint density at radius 3 is 2.90 bits per heavy atom. The first-order valence-electron chi connectivity index (χ1n) is 6.54. The summed E-state index contributed by atoms with van der Waals surface area (Å²) in [6.45, 7) is 2.56. The van der Waals surface area contributed by atoms with Crippen LogP contribution in [-0.2, 0) is 13.0 Å². The van der Waals surface area contributed by atoms with Crippen molar-refractivity contribution in [3.63, 3.8) is 0 Å². The Balaban J connectivity index is 1.88. The number of nitriles is 1. The standard InChI is InChI=1S/C16H14N2OS/c1-11-6-7-13(9-17)16(19)18(11)10-14-8-12-4-2-3-5-15(12)20-14/h2-7,14H,8,10H2,1H3. The average molecular weight is 282 g/mol. The summed E-state index contributed by atoms with van der Waals surface area (Å²) in [6.07, 6.45) is 0.976. The number of benzene rings is 1. The maximum absolute atomic E-state index is 12.2. The Hall–Kier alpha value is -1.99. The quantitative estimate of drug-likeness (QED) is 0.851. The molecular weight excluding hydrogens is 268 g/mol. The van der Waals surface area contributed by atoms with Crippen molar-refractivity contribution < 1.29 is 0 Å². The van der Waals surface area contributed by atoms with Gasteiger partial charge in [0, 0.05) is 22.4 Å². The highest BCUT2D eigenvalue weighted by Gasteiger charge is 2.23. The second kappa shape index (κ2) is 5.18. The SMILES string of the molecule is Cc1ccc(C#N)c(=O)n1CC1Cc2ccccc2S1. The molecule has 20 heavy (non-hydrogen) atoms. The maximum Gasteiger partial charge on any atom is 0.268 e. The fraction of sp³-hybridized carbons (Fsp3) is 0.250. The van der Waals surface area contributed by atoms with Crippen LogP contribution in [0.25, 0.3) is 0 Å². The van der Waals surface area contributed by atoms with Crippen LogP contribution < -0.4 is 5.56 Å². The van der Waals surface area contributed by atoms with Crippen molar-refractivity contribution >= 4 is 11.8 Å². The molecule has 100 valence electrons. The molecule has 0 bridgehead atoms. The molecule has 1 aliphatic rings. The predicted molar refractivity (Wildman–Crippen MR) is 79.9 cm³/mol. The molecule has 4 heteroatoms. The minimum absolute atomic E-state index is 0.177. The van der Waals surface area contributed by atoms with E-state index in [9.17, 15) is 4.79 Å². The molecule has 0 aliphatic carbocycles. The lowest BCUT2D eigenvalue weighted by Crippen LogP contribution is -2.28. The third-order valence-electron chi connectivity index (χ3n) is 3.61. The second-order valence-electron chi connectivity index (χ2n) is 4.97. The van der Waals surface area contributed by atoms with Gasteiger partial charge in [0.05, 0.1) is 0 Å². The molecule has 1 aromatic heterocycles. The molecule has 0 radical (unpaired) electrons. The molecule has 1 atom stereocenters. The monoisotopic (exact) mass is 282 g/mol. The minimum Gasteiger partial charge on any atom is -0.311 e. The smallest absolute Gasteiger partial charge is 0.268 e. The summed E-state index contributed by atoms with van der Waals surface area (Å²) in [6, 6.07) is 13.8. The number of pyridine rings is 1. The topological polar surface area (TPSA) is 45.8 Å². The summed E-state index contributed by atoms with van der Waals surface area (Å²) in [5.74, 6) is 0. The second-order valence-corrected chi connectivity index (χ2v) is 6.31. The van der Waals surface area contributed by atoms with E-state index in [-0.39, 0.29) is 11.1 Å². The fourth-order valence-corrected chi connectivity index (χ4v) is 3.85. The van der Waals surface area contributed by atoms with Gasteiger partial charge in [-0.2, -0.15) is 5.26 Å². The molecule has 0 fully saturated rings. The number of aryl methyl sites for hydroxylation is 1. The maximum atomic E-state index is 12.2. The summed E-state index contributed by atoms with van der Waals surface area (Å²) in [4.78, 5) is 13.5.